The molecule has 4 amide bonds. The van der Waals surface area contributed by atoms with Crippen molar-refractivity contribution in [2.45, 2.75) is 32.1 Å². The molecule has 2 saturated heterocycles. The lowest BCUT2D eigenvalue weighted by molar-refractivity contribution is -0.140. The van der Waals surface area contributed by atoms with Crippen molar-refractivity contribution in [2.24, 2.45) is 11.8 Å². The zero-order chi connectivity index (χ0) is 19.7. The third-order valence-electron chi connectivity index (χ3n) is 5.70. The number of carbonyl (C=O) groups is 4. The van der Waals surface area contributed by atoms with E-state index in [1.165, 1.54) is 4.90 Å². The van der Waals surface area contributed by atoms with Crippen LogP contribution in [0.15, 0.2) is 36.4 Å². The number of allylic oxidation sites excluding steroid dienone is 2. The maximum atomic E-state index is 12.4. The molecule has 7 heteroatoms. The fraction of sp³-hybridized carbons (Fsp3) is 0.429. The molecule has 2 atom stereocenters. The van der Waals surface area contributed by atoms with Gasteiger partial charge in [0.05, 0.1) is 11.8 Å². The Morgan fingerprint density at radius 1 is 1.00 bits per heavy atom. The summed E-state index contributed by atoms with van der Waals surface area (Å²) in [5, 5.41) is 2.78. The molecule has 0 aromatic heterocycles. The highest BCUT2D eigenvalue weighted by Gasteiger charge is 2.46. The van der Waals surface area contributed by atoms with Crippen LogP contribution in [-0.2, 0) is 19.2 Å². The van der Waals surface area contributed by atoms with E-state index in [1.54, 1.807) is 17.0 Å². The number of rotatable bonds is 5. The van der Waals surface area contributed by atoms with E-state index in [2.05, 4.69) is 5.32 Å². The highest BCUT2D eigenvalue weighted by molar-refractivity contribution is 6.06. The minimum Gasteiger partial charge on any atom is -0.326 e. The summed E-state index contributed by atoms with van der Waals surface area (Å²) < 4.78 is 0. The first-order valence-corrected chi connectivity index (χ1v) is 9.75. The first-order chi connectivity index (χ1) is 13.5. The lowest BCUT2D eigenvalue weighted by Gasteiger charge is -2.16. The molecule has 0 radical (unpaired) electrons. The van der Waals surface area contributed by atoms with E-state index in [0.717, 1.165) is 18.7 Å². The molecule has 3 aliphatic rings. The van der Waals surface area contributed by atoms with Crippen LogP contribution in [0, 0.1) is 11.8 Å². The van der Waals surface area contributed by atoms with Crippen LogP contribution in [0.5, 0.6) is 0 Å². The summed E-state index contributed by atoms with van der Waals surface area (Å²) in [7, 11) is 0. The van der Waals surface area contributed by atoms with Crippen LogP contribution >= 0.6 is 0 Å². The van der Waals surface area contributed by atoms with Crippen LogP contribution in [-0.4, -0.2) is 41.6 Å². The number of hydrogen-bond acceptors (Lipinski definition) is 4. The van der Waals surface area contributed by atoms with E-state index in [0.29, 0.717) is 24.9 Å². The molecule has 2 aliphatic heterocycles. The topological polar surface area (TPSA) is 86.8 Å². The Morgan fingerprint density at radius 2 is 1.64 bits per heavy atom. The molecule has 1 aromatic carbocycles. The van der Waals surface area contributed by atoms with Gasteiger partial charge >= 0.3 is 0 Å². The van der Waals surface area contributed by atoms with E-state index in [4.69, 9.17) is 0 Å². The standard InChI is InChI=1S/C21H23N3O4/c25-18(11-13-24-20(27)16-4-1-2-5-17(16)21(24)28)22-14-7-9-15(10-8-14)23-12-3-6-19(23)26/h1-2,7-10,16-17H,3-6,11-13H2,(H,22,25). The summed E-state index contributed by atoms with van der Waals surface area (Å²) in [6.45, 7) is 0.830. The monoisotopic (exact) mass is 381 g/mol. The van der Waals surface area contributed by atoms with Crippen molar-refractivity contribution in [1.82, 2.24) is 4.90 Å². The molecule has 4 rings (SSSR count). The van der Waals surface area contributed by atoms with Gasteiger partial charge in [-0.2, -0.15) is 0 Å². The number of hydrogen-bond donors (Lipinski definition) is 1. The van der Waals surface area contributed by atoms with Crippen molar-refractivity contribution < 1.29 is 19.2 Å². The van der Waals surface area contributed by atoms with Crippen molar-refractivity contribution in [3.8, 4) is 0 Å². The molecular formula is C21H23N3O4. The summed E-state index contributed by atoms with van der Waals surface area (Å²) in [6.07, 6.45) is 6.60. The minimum atomic E-state index is -0.263. The molecule has 0 spiro atoms. The van der Waals surface area contributed by atoms with E-state index >= 15 is 0 Å². The predicted molar refractivity (Wildman–Crippen MR) is 103 cm³/mol. The number of anilines is 2. The van der Waals surface area contributed by atoms with Gasteiger partial charge in [-0.05, 0) is 43.5 Å². The lowest BCUT2D eigenvalue weighted by atomic mass is 9.85. The number of nitrogens with zero attached hydrogens (tertiary/aromatic N) is 2. The molecule has 0 saturated carbocycles. The molecule has 0 bridgehead atoms. The Balaban J connectivity index is 1.31. The van der Waals surface area contributed by atoms with Crippen molar-refractivity contribution in [1.29, 1.82) is 0 Å². The second-order valence-corrected chi connectivity index (χ2v) is 7.48. The van der Waals surface area contributed by atoms with Gasteiger partial charge in [0, 0.05) is 37.3 Å². The minimum absolute atomic E-state index is 0.0662. The summed E-state index contributed by atoms with van der Waals surface area (Å²) >= 11 is 0. The van der Waals surface area contributed by atoms with Gasteiger partial charge in [0.2, 0.25) is 23.6 Å². The van der Waals surface area contributed by atoms with E-state index in [9.17, 15) is 19.2 Å². The Hall–Kier alpha value is -2.96. The van der Waals surface area contributed by atoms with E-state index < -0.39 is 0 Å². The number of amides is 4. The molecule has 2 heterocycles. The zero-order valence-corrected chi connectivity index (χ0v) is 15.6. The molecule has 1 N–H and O–H groups in total. The van der Waals surface area contributed by atoms with Crippen molar-refractivity contribution in [3.05, 3.63) is 36.4 Å². The normalized spacial score (nSPS) is 24.1. The second kappa shape index (κ2) is 7.58. The highest BCUT2D eigenvalue weighted by atomic mass is 16.2. The predicted octanol–water partition coefficient (Wildman–Crippen LogP) is 2.09. The maximum absolute atomic E-state index is 12.4. The number of fused-ring (bicyclic) bond motifs is 1. The van der Waals surface area contributed by atoms with Gasteiger partial charge in [0.1, 0.15) is 0 Å². The summed E-state index contributed by atoms with van der Waals surface area (Å²) in [4.78, 5) is 51.9. The number of benzene rings is 1. The maximum Gasteiger partial charge on any atom is 0.233 e. The fourth-order valence-corrected chi connectivity index (χ4v) is 4.17. The third kappa shape index (κ3) is 3.44. The van der Waals surface area contributed by atoms with Crippen LogP contribution < -0.4 is 10.2 Å². The Bertz CT molecular complexity index is 820. The van der Waals surface area contributed by atoms with Crippen LogP contribution in [0.3, 0.4) is 0 Å². The number of nitrogens with one attached hydrogen (secondary N) is 1. The zero-order valence-electron chi connectivity index (χ0n) is 15.6. The van der Waals surface area contributed by atoms with Gasteiger partial charge < -0.3 is 10.2 Å². The lowest BCUT2D eigenvalue weighted by Crippen LogP contribution is -2.34. The average Bonchev–Trinajstić information content (AvgIpc) is 3.23. The summed E-state index contributed by atoms with van der Waals surface area (Å²) in [6, 6.07) is 7.13. The molecule has 7 nitrogen and oxygen atoms in total. The van der Waals surface area contributed by atoms with Crippen LogP contribution in [0.4, 0.5) is 11.4 Å². The Morgan fingerprint density at radius 3 is 2.21 bits per heavy atom. The van der Waals surface area contributed by atoms with Crippen LogP contribution in [0.1, 0.15) is 32.1 Å². The van der Waals surface area contributed by atoms with E-state index in [1.807, 2.05) is 24.3 Å². The molecule has 146 valence electrons. The number of likely N-dealkylation sites (tertiary alicyclic amines) is 1. The highest BCUT2D eigenvalue weighted by Crippen LogP contribution is 2.35. The van der Waals surface area contributed by atoms with Crippen molar-refractivity contribution in [3.63, 3.8) is 0 Å². The van der Waals surface area contributed by atoms with Gasteiger partial charge in [-0.3, -0.25) is 24.1 Å². The Kier molecular flexibility index (Phi) is 4.98. The van der Waals surface area contributed by atoms with Gasteiger partial charge in [0.25, 0.3) is 0 Å². The van der Waals surface area contributed by atoms with Crippen molar-refractivity contribution >= 4 is 35.0 Å². The molecular weight excluding hydrogens is 358 g/mol. The first kappa shape index (κ1) is 18.4. The fourth-order valence-electron chi connectivity index (χ4n) is 4.17. The SMILES string of the molecule is O=C(CCN1C(=O)C2CC=CCC2C1=O)Nc1ccc(N2CCCC2=O)cc1. The van der Waals surface area contributed by atoms with E-state index in [-0.39, 0.29) is 48.4 Å². The molecule has 2 unspecified atom stereocenters. The quantitative estimate of drug-likeness (QED) is 0.625. The van der Waals surface area contributed by atoms with Crippen molar-refractivity contribution in [2.75, 3.05) is 23.3 Å². The summed E-state index contributed by atoms with van der Waals surface area (Å²) in [5.41, 5.74) is 1.45. The first-order valence-electron chi connectivity index (χ1n) is 9.75. The van der Waals surface area contributed by atoms with Crippen LogP contribution in [0.2, 0.25) is 0 Å². The van der Waals surface area contributed by atoms with Gasteiger partial charge in [-0.25, -0.2) is 0 Å². The largest absolute Gasteiger partial charge is 0.326 e. The molecule has 2 fully saturated rings. The van der Waals surface area contributed by atoms with Crippen LogP contribution in [0.25, 0.3) is 0 Å². The molecule has 28 heavy (non-hydrogen) atoms. The summed E-state index contributed by atoms with van der Waals surface area (Å²) in [5.74, 6) is -0.979. The smallest absolute Gasteiger partial charge is 0.233 e. The molecule has 1 aromatic rings. The third-order valence-corrected chi connectivity index (χ3v) is 5.70. The van der Waals surface area contributed by atoms with Gasteiger partial charge in [-0.1, -0.05) is 12.2 Å². The second-order valence-electron chi connectivity index (χ2n) is 7.48. The molecule has 1 aliphatic carbocycles. The van der Waals surface area contributed by atoms with Gasteiger partial charge in [0.15, 0.2) is 0 Å². The Labute approximate surface area is 163 Å². The number of carbonyl (C=O) groups excluding carboxylic acids is 4. The van der Waals surface area contributed by atoms with Gasteiger partial charge in [-0.15, -0.1) is 0 Å². The number of imide groups is 1. The average molecular weight is 381 g/mol.